The Labute approximate surface area is 294 Å². The molecular formula is C43H24ClN3S2. The number of nitrogens with zero attached hydrogens (tertiary/aromatic N) is 3. The van der Waals surface area contributed by atoms with E-state index in [9.17, 15) is 0 Å². The summed E-state index contributed by atoms with van der Waals surface area (Å²) in [6, 6.07) is 50.9. The molecule has 7 aromatic carbocycles. The minimum Gasteiger partial charge on any atom is -0.208 e. The Kier molecular flexibility index (Phi) is 6.59. The van der Waals surface area contributed by atoms with E-state index in [0.29, 0.717) is 22.5 Å². The van der Waals surface area contributed by atoms with Gasteiger partial charge in [-0.2, -0.15) is 0 Å². The van der Waals surface area contributed by atoms with Gasteiger partial charge in [-0.1, -0.05) is 96.5 Å². The van der Waals surface area contributed by atoms with Crippen LogP contribution in [0.2, 0.25) is 5.02 Å². The number of thiophene rings is 2. The zero-order chi connectivity index (χ0) is 32.5. The molecule has 0 aliphatic heterocycles. The molecule has 3 heterocycles. The van der Waals surface area contributed by atoms with Crippen LogP contribution in [0, 0.1) is 0 Å². The Morgan fingerprint density at radius 2 is 1.02 bits per heavy atom. The van der Waals surface area contributed by atoms with Crippen LogP contribution in [0.15, 0.2) is 146 Å². The quantitative estimate of drug-likeness (QED) is 0.186. The molecule has 0 amide bonds. The van der Waals surface area contributed by atoms with E-state index in [0.717, 1.165) is 27.8 Å². The fourth-order valence-electron chi connectivity index (χ4n) is 6.82. The third-order valence-electron chi connectivity index (χ3n) is 9.18. The maximum Gasteiger partial charge on any atom is 0.164 e. The highest BCUT2D eigenvalue weighted by molar-refractivity contribution is 7.26. The molecule has 0 atom stereocenters. The Balaban J connectivity index is 1.17. The topological polar surface area (TPSA) is 38.7 Å². The predicted octanol–water partition coefficient (Wildman–Crippen LogP) is 13.1. The highest BCUT2D eigenvalue weighted by atomic mass is 35.5. The molecule has 0 N–H and O–H groups in total. The molecule has 0 aliphatic rings. The van der Waals surface area contributed by atoms with Crippen molar-refractivity contribution in [3.63, 3.8) is 0 Å². The van der Waals surface area contributed by atoms with Gasteiger partial charge in [0, 0.05) is 67.6 Å². The first-order chi connectivity index (χ1) is 24.2. The van der Waals surface area contributed by atoms with E-state index in [1.54, 1.807) is 11.3 Å². The minimum absolute atomic E-state index is 0.602. The van der Waals surface area contributed by atoms with Crippen LogP contribution in [0.25, 0.3) is 96.4 Å². The number of fused-ring (bicyclic) bond motifs is 7. The van der Waals surface area contributed by atoms with Crippen LogP contribution in [0.4, 0.5) is 0 Å². The second kappa shape index (κ2) is 11.3. The Morgan fingerprint density at radius 1 is 0.388 bits per heavy atom. The van der Waals surface area contributed by atoms with E-state index in [-0.39, 0.29) is 0 Å². The summed E-state index contributed by atoms with van der Waals surface area (Å²) in [7, 11) is 0. The van der Waals surface area contributed by atoms with Gasteiger partial charge in [0.15, 0.2) is 17.5 Å². The monoisotopic (exact) mass is 681 g/mol. The molecule has 3 aromatic heterocycles. The van der Waals surface area contributed by atoms with E-state index in [2.05, 4.69) is 103 Å². The Bertz CT molecular complexity index is 2910. The van der Waals surface area contributed by atoms with Crippen molar-refractivity contribution in [1.29, 1.82) is 0 Å². The smallest absolute Gasteiger partial charge is 0.164 e. The summed E-state index contributed by atoms with van der Waals surface area (Å²) in [4.78, 5) is 15.2. The summed E-state index contributed by atoms with van der Waals surface area (Å²) in [6.45, 7) is 0. The largest absolute Gasteiger partial charge is 0.208 e. The predicted molar refractivity (Wildman–Crippen MR) is 210 cm³/mol. The lowest BCUT2D eigenvalue weighted by atomic mass is 9.96. The van der Waals surface area contributed by atoms with Crippen molar-refractivity contribution in [1.82, 2.24) is 15.0 Å². The normalized spacial score (nSPS) is 11.8. The molecule has 49 heavy (non-hydrogen) atoms. The van der Waals surface area contributed by atoms with Gasteiger partial charge in [0.05, 0.1) is 0 Å². The highest BCUT2D eigenvalue weighted by Gasteiger charge is 2.18. The molecule has 230 valence electrons. The zero-order valence-electron chi connectivity index (χ0n) is 25.9. The molecule has 0 unspecified atom stereocenters. The van der Waals surface area contributed by atoms with Crippen molar-refractivity contribution in [3.8, 4) is 45.3 Å². The molecule has 0 spiro atoms. The van der Waals surface area contributed by atoms with E-state index < -0.39 is 0 Å². The number of benzene rings is 7. The van der Waals surface area contributed by atoms with E-state index in [1.165, 1.54) is 51.1 Å². The summed E-state index contributed by atoms with van der Waals surface area (Å²) >= 11 is 10.7. The molecule has 3 nitrogen and oxygen atoms in total. The fraction of sp³-hybridized carbons (Fsp3) is 0. The third kappa shape index (κ3) is 4.81. The molecule has 10 aromatic rings. The first-order valence-corrected chi connectivity index (χ1v) is 18.0. The molecule has 0 radical (unpaired) electrons. The highest BCUT2D eigenvalue weighted by Crippen LogP contribution is 2.44. The summed E-state index contributed by atoms with van der Waals surface area (Å²) < 4.78 is 5.01. The zero-order valence-corrected chi connectivity index (χ0v) is 28.3. The second-order valence-electron chi connectivity index (χ2n) is 12.2. The molecule has 0 fully saturated rings. The Hall–Kier alpha value is -5.46. The molecule has 0 saturated heterocycles. The van der Waals surface area contributed by atoms with Gasteiger partial charge in [-0.25, -0.2) is 15.0 Å². The van der Waals surface area contributed by atoms with Gasteiger partial charge in [0.1, 0.15) is 0 Å². The van der Waals surface area contributed by atoms with Crippen LogP contribution in [0.3, 0.4) is 0 Å². The van der Waals surface area contributed by atoms with E-state index in [1.807, 2.05) is 53.8 Å². The summed E-state index contributed by atoms with van der Waals surface area (Å²) in [6.07, 6.45) is 0. The van der Waals surface area contributed by atoms with Crippen molar-refractivity contribution in [2.24, 2.45) is 0 Å². The minimum atomic E-state index is 0.602. The van der Waals surface area contributed by atoms with E-state index in [4.69, 9.17) is 26.6 Å². The molecule has 0 aliphatic carbocycles. The first-order valence-electron chi connectivity index (χ1n) is 16.0. The lowest BCUT2D eigenvalue weighted by molar-refractivity contribution is 1.07. The SMILES string of the molecule is Clc1ccc(-c2nc(-c3ccccc3)nc(-c3ccc4sc5ccccc5c4c3)n2)cc1-c1cccc2sc3cc4ccccc4cc3c12. The Morgan fingerprint density at radius 3 is 1.86 bits per heavy atom. The standard InChI is InChI=1S/C43H24ClN3S2/c44-35-19-17-28(22-32(35)31-14-8-16-38-40(31)34-21-26-11-4-5-12-27(26)24-39(34)49-38)42-45-41(25-9-2-1-3-10-25)46-43(47-42)29-18-20-37-33(23-29)30-13-6-7-15-36(30)48-37/h1-24H. The van der Waals surface area contributed by atoms with Crippen molar-refractivity contribution < 1.29 is 0 Å². The van der Waals surface area contributed by atoms with Gasteiger partial charge in [0.25, 0.3) is 0 Å². The maximum absolute atomic E-state index is 7.03. The maximum atomic E-state index is 7.03. The van der Waals surface area contributed by atoms with Gasteiger partial charge < -0.3 is 0 Å². The van der Waals surface area contributed by atoms with Crippen LogP contribution in [0.1, 0.15) is 0 Å². The first kappa shape index (κ1) is 28.5. The number of halogens is 1. The van der Waals surface area contributed by atoms with Crippen molar-refractivity contribution in [2.75, 3.05) is 0 Å². The molecule has 0 saturated carbocycles. The van der Waals surface area contributed by atoms with Crippen molar-refractivity contribution in [3.05, 3.63) is 151 Å². The average Bonchev–Trinajstić information content (AvgIpc) is 3.71. The van der Waals surface area contributed by atoms with E-state index >= 15 is 0 Å². The van der Waals surface area contributed by atoms with Gasteiger partial charge >= 0.3 is 0 Å². The fourth-order valence-corrected chi connectivity index (χ4v) is 9.29. The number of aromatic nitrogens is 3. The van der Waals surface area contributed by atoms with Crippen LogP contribution in [-0.4, -0.2) is 15.0 Å². The number of rotatable bonds is 4. The van der Waals surface area contributed by atoms with Gasteiger partial charge in [0.2, 0.25) is 0 Å². The van der Waals surface area contributed by atoms with Crippen LogP contribution < -0.4 is 0 Å². The summed E-state index contributed by atoms with van der Waals surface area (Å²) in [5, 5.41) is 8.05. The molecule has 0 bridgehead atoms. The number of hydrogen-bond donors (Lipinski definition) is 0. The molecule has 10 rings (SSSR count). The summed E-state index contributed by atoms with van der Waals surface area (Å²) in [5.74, 6) is 1.87. The molecule has 6 heteroatoms. The van der Waals surface area contributed by atoms with Gasteiger partial charge in [-0.3, -0.25) is 0 Å². The van der Waals surface area contributed by atoms with Crippen LogP contribution >= 0.6 is 34.3 Å². The van der Waals surface area contributed by atoms with Crippen LogP contribution in [-0.2, 0) is 0 Å². The second-order valence-corrected chi connectivity index (χ2v) is 14.7. The van der Waals surface area contributed by atoms with Gasteiger partial charge in [-0.05, 0) is 77.0 Å². The molecular weight excluding hydrogens is 658 g/mol. The summed E-state index contributed by atoms with van der Waals surface area (Å²) in [5.41, 5.74) is 4.81. The number of hydrogen-bond acceptors (Lipinski definition) is 5. The van der Waals surface area contributed by atoms with Crippen molar-refractivity contribution >= 4 is 85.4 Å². The average molecular weight is 682 g/mol. The van der Waals surface area contributed by atoms with Crippen molar-refractivity contribution in [2.45, 2.75) is 0 Å². The lowest BCUT2D eigenvalue weighted by Gasteiger charge is -2.12. The lowest BCUT2D eigenvalue weighted by Crippen LogP contribution is -2.00. The third-order valence-corrected chi connectivity index (χ3v) is 11.8. The van der Waals surface area contributed by atoms with Crippen LogP contribution in [0.5, 0.6) is 0 Å². The van der Waals surface area contributed by atoms with Gasteiger partial charge in [-0.15, -0.1) is 22.7 Å².